The molecule has 5 nitrogen and oxygen atoms in total. The van der Waals surface area contributed by atoms with Crippen molar-refractivity contribution in [3.8, 4) is 5.75 Å². The molecule has 0 spiro atoms. The largest absolute Gasteiger partial charge is 0.495 e. The molecule has 0 radical (unpaired) electrons. The zero-order chi connectivity index (χ0) is 13.4. The molecule has 0 atom stereocenters. The third kappa shape index (κ3) is 4.43. The number of para-hydroxylation sites is 1. The van der Waals surface area contributed by atoms with E-state index in [1.807, 2.05) is 18.2 Å². The summed E-state index contributed by atoms with van der Waals surface area (Å²) in [7, 11) is 5.40. The van der Waals surface area contributed by atoms with Crippen LogP contribution in [0.5, 0.6) is 5.75 Å². The first kappa shape index (κ1) is 14.6. The maximum atomic E-state index is 5.97. The number of benzene rings is 1. The topological polar surface area (TPSA) is 59.8 Å². The lowest BCUT2D eigenvalue weighted by Gasteiger charge is -2.17. The molecule has 1 aromatic carbocycles. The minimum atomic E-state index is 0.652. The number of nitrogens with one attached hydrogen (secondary N) is 1. The maximum Gasteiger partial charge on any atom is 0.143 e. The Labute approximate surface area is 109 Å². The number of ether oxygens (including phenoxy) is 2. The van der Waals surface area contributed by atoms with Gasteiger partial charge in [0.05, 0.1) is 25.1 Å². The van der Waals surface area contributed by atoms with E-state index >= 15 is 0 Å². The van der Waals surface area contributed by atoms with E-state index < -0.39 is 0 Å². The standard InChI is InChI=1S/C13H23N3O2/c1-16(9-10-17-2)8-7-15-11-5-4-6-12(18-3)13(11)14/h4-6,15H,7-10,14H2,1-3H3. The fraction of sp³-hybridized carbons (Fsp3) is 0.538. The summed E-state index contributed by atoms with van der Waals surface area (Å²) in [4.78, 5) is 2.20. The Balaban J connectivity index is 2.39. The monoisotopic (exact) mass is 253 g/mol. The van der Waals surface area contributed by atoms with Crippen molar-refractivity contribution in [1.29, 1.82) is 0 Å². The van der Waals surface area contributed by atoms with Crippen molar-refractivity contribution in [1.82, 2.24) is 4.90 Å². The van der Waals surface area contributed by atoms with Gasteiger partial charge in [-0.25, -0.2) is 0 Å². The van der Waals surface area contributed by atoms with Crippen LogP contribution in [0.25, 0.3) is 0 Å². The van der Waals surface area contributed by atoms with Crippen molar-refractivity contribution in [3.05, 3.63) is 18.2 Å². The van der Waals surface area contributed by atoms with Gasteiger partial charge in [0.15, 0.2) is 0 Å². The molecule has 0 aliphatic carbocycles. The number of nitrogens with two attached hydrogens (primary N) is 1. The van der Waals surface area contributed by atoms with Gasteiger partial charge in [0.1, 0.15) is 5.75 Å². The number of methoxy groups -OCH3 is 2. The second-order valence-electron chi connectivity index (χ2n) is 4.14. The molecule has 0 aliphatic rings. The minimum absolute atomic E-state index is 0.652. The molecule has 0 fully saturated rings. The summed E-state index contributed by atoms with van der Waals surface area (Å²) >= 11 is 0. The van der Waals surface area contributed by atoms with E-state index in [1.54, 1.807) is 14.2 Å². The van der Waals surface area contributed by atoms with Crippen molar-refractivity contribution in [2.24, 2.45) is 0 Å². The Morgan fingerprint density at radius 2 is 2.06 bits per heavy atom. The van der Waals surface area contributed by atoms with Gasteiger partial charge in [0.25, 0.3) is 0 Å². The van der Waals surface area contributed by atoms with Crippen molar-refractivity contribution in [2.75, 3.05) is 58.6 Å². The second kappa shape index (κ2) is 7.79. The predicted molar refractivity (Wildman–Crippen MR) is 75.3 cm³/mol. The van der Waals surface area contributed by atoms with Crippen LogP contribution in [-0.2, 0) is 4.74 Å². The molecule has 0 saturated carbocycles. The minimum Gasteiger partial charge on any atom is -0.495 e. The Hall–Kier alpha value is -1.46. The highest BCUT2D eigenvalue weighted by molar-refractivity contribution is 5.72. The highest BCUT2D eigenvalue weighted by Gasteiger charge is 2.04. The van der Waals surface area contributed by atoms with Crippen LogP contribution in [0, 0.1) is 0 Å². The van der Waals surface area contributed by atoms with E-state index in [2.05, 4.69) is 17.3 Å². The highest BCUT2D eigenvalue weighted by atomic mass is 16.5. The molecule has 1 aromatic rings. The lowest BCUT2D eigenvalue weighted by Crippen LogP contribution is -2.28. The van der Waals surface area contributed by atoms with Gasteiger partial charge in [-0.05, 0) is 19.2 Å². The van der Waals surface area contributed by atoms with Crippen LogP contribution in [0.1, 0.15) is 0 Å². The van der Waals surface area contributed by atoms with Crippen molar-refractivity contribution in [3.63, 3.8) is 0 Å². The zero-order valence-electron chi connectivity index (χ0n) is 11.4. The SMILES string of the molecule is COCCN(C)CCNc1cccc(OC)c1N. The predicted octanol–water partition coefficient (Wildman–Crippen LogP) is 1.27. The lowest BCUT2D eigenvalue weighted by atomic mass is 10.2. The third-order valence-electron chi connectivity index (χ3n) is 2.77. The molecule has 0 amide bonds. The smallest absolute Gasteiger partial charge is 0.143 e. The average Bonchev–Trinajstić information content (AvgIpc) is 2.38. The molecule has 0 aliphatic heterocycles. The molecule has 102 valence electrons. The normalized spacial score (nSPS) is 10.7. The molecule has 0 aromatic heterocycles. The molecule has 1 rings (SSSR count). The molecule has 18 heavy (non-hydrogen) atoms. The first-order chi connectivity index (χ1) is 8.69. The van der Waals surface area contributed by atoms with Crippen molar-refractivity contribution < 1.29 is 9.47 Å². The van der Waals surface area contributed by atoms with Gasteiger partial charge in [-0.2, -0.15) is 0 Å². The molecular formula is C13H23N3O2. The van der Waals surface area contributed by atoms with Gasteiger partial charge in [0, 0.05) is 26.7 Å². The van der Waals surface area contributed by atoms with Crippen LogP contribution >= 0.6 is 0 Å². The molecule has 3 N–H and O–H groups in total. The van der Waals surface area contributed by atoms with Crippen LogP contribution in [0.4, 0.5) is 11.4 Å². The van der Waals surface area contributed by atoms with Crippen molar-refractivity contribution >= 4 is 11.4 Å². The van der Waals surface area contributed by atoms with Crippen LogP contribution in [0.3, 0.4) is 0 Å². The fourth-order valence-electron chi connectivity index (χ4n) is 1.62. The number of nitrogens with zero attached hydrogens (tertiary/aromatic N) is 1. The molecule has 0 unspecified atom stereocenters. The number of likely N-dealkylation sites (N-methyl/N-ethyl adjacent to an activating group) is 1. The summed E-state index contributed by atoms with van der Waals surface area (Å²) in [6.07, 6.45) is 0. The van der Waals surface area contributed by atoms with E-state index in [9.17, 15) is 0 Å². The highest BCUT2D eigenvalue weighted by Crippen LogP contribution is 2.28. The Morgan fingerprint density at radius 3 is 2.72 bits per heavy atom. The summed E-state index contributed by atoms with van der Waals surface area (Å²) in [5.74, 6) is 0.702. The van der Waals surface area contributed by atoms with Gasteiger partial charge in [-0.1, -0.05) is 6.07 Å². The van der Waals surface area contributed by atoms with Crippen LogP contribution in [0.2, 0.25) is 0 Å². The van der Waals surface area contributed by atoms with Gasteiger partial charge in [-0.15, -0.1) is 0 Å². The van der Waals surface area contributed by atoms with Crippen molar-refractivity contribution in [2.45, 2.75) is 0 Å². The van der Waals surface area contributed by atoms with E-state index in [4.69, 9.17) is 15.2 Å². The number of hydrogen-bond acceptors (Lipinski definition) is 5. The Morgan fingerprint density at radius 1 is 1.28 bits per heavy atom. The lowest BCUT2D eigenvalue weighted by molar-refractivity contribution is 0.163. The van der Waals surface area contributed by atoms with Gasteiger partial charge < -0.3 is 25.4 Å². The number of rotatable bonds is 8. The van der Waals surface area contributed by atoms with E-state index in [-0.39, 0.29) is 0 Å². The van der Waals surface area contributed by atoms with E-state index in [0.717, 1.165) is 31.9 Å². The van der Waals surface area contributed by atoms with Crippen LogP contribution in [-0.4, -0.2) is 52.4 Å². The summed E-state index contributed by atoms with van der Waals surface area (Å²) in [5.41, 5.74) is 7.53. The molecular weight excluding hydrogens is 230 g/mol. The number of hydrogen-bond donors (Lipinski definition) is 2. The van der Waals surface area contributed by atoms with Gasteiger partial charge in [-0.3, -0.25) is 0 Å². The quantitative estimate of drug-likeness (QED) is 0.683. The first-order valence-corrected chi connectivity index (χ1v) is 6.03. The number of nitrogen functional groups attached to an aromatic ring is 1. The number of anilines is 2. The Kier molecular flexibility index (Phi) is 6.32. The first-order valence-electron chi connectivity index (χ1n) is 6.03. The fourth-order valence-corrected chi connectivity index (χ4v) is 1.62. The van der Waals surface area contributed by atoms with E-state index in [1.165, 1.54) is 0 Å². The molecule has 0 bridgehead atoms. The molecule has 0 saturated heterocycles. The summed E-state index contributed by atoms with van der Waals surface area (Å²) < 4.78 is 10.2. The van der Waals surface area contributed by atoms with Crippen LogP contribution < -0.4 is 15.8 Å². The van der Waals surface area contributed by atoms with Gasteiger partial charge >= 0.3 is 0 Å². The zero-order valence-corrected chi connectivity index (χ0v) is 11.4. The Bertz CT molecular complexity index is 358. The van der Waals surface area contributed by atoms with Crippen LogP contribution in [0.15, 0.2) is 18.2 Å². The van der Waals surface area contributed by atoms with E-state index in [0.29, 0.717) is 11.4 Å². The second-order valence-corrected chi connectivity index (χ2v) is 4.14. The molecule has 5 heteroatoms. The third-order valence-corrected chi connectivity index (χ3v) is 2.77. The molecule has 0 heterocycles. The summed E-state index contributed by atoms with van der Waals surface area (Å²) in [5, 5.41) is 3.31. The average molecular weight is 253 g/mol. The summed E-state index contributed by atoms with van der Waals surface area (Å²) in [6.45, 7) is 3.43. The maximum absolute atomic E-state index is 5.97. The van der Waals surface area contributed by atoms with Gasteiger partial charge in [0.2, 0.25) is 0 Å². The summed E-state index contributed by atoms with van der Waals surface area (Å²) in [6, 6.07) is 5.73.